The fraction of sp³-hybridized carbons (Fsp3) is 0.231. The van der Waals surface area contributed by atoms with Crippen LogP contribution in [-0.4, -0.2) is 19.7 Å². The van der Waals surface area contributed by atoms with Crippen molar-refractivity contribution in [3.05, 3.63) is 51.0 Å². The van der Waals surface area contributed by atoms with Gasteiger partial charge in [-0.25, -0.2) is 0 Å². The number of aromatic nitrogens is 4. The van der Waals surface area contributed by atoms with E-state index in [4.69, 9.17) is 4.52 Å². The largest absolute Gasteiger partial charge is 0.339 e. The molecule has 3 aromatic rings. The number of thiazole rings is 1. The van der Waals surface area contributed by atoms with Crippen molar-refractivity contribution in [2.75, 3.05) is 0 Å². The molecule has 20 heavy (non-hydrogen) atoms. The van der Waals surface area contributed by atoms with Crippen molar-refractivity contribution in [3.8, 4) is 11.5 Å². The number of hydrogen-bond acceptors (Lipinski definition) is 6. The first-order chi connectivity index (χ1) is 9.74. The van der Waals surface area contributed by atoms with Crippen LogP contribution in [0.15, 0.2) is 39.1 Å². The molecule has 102 valence electrons. The van der Waals surface area contributed by atoms with Gasteiger partial charge in [-0.2, -0.15) is 4.98 Å². The molecule has 0 fully saturated rings. The van der Waals surface area contributed by atoms with E-state index in [2.05, 4.69) is 15.1 Å². The van der Waals surface area contributed by atoms with Gasteiger partial charge in [0, 0.05) is 30.2 Å². The molecule has 0 N–H and O–H groups in total. The van der Waals surface area contributed by atoms with Crippen molar-refractivity contribution in [2.24, 2.45) is 0 Å². The standard InChI is InChI=1S/C13H12N4O2S/c1-9-8-20-13(18)17(9)7-5-11-15-12(16-19-11)10-4-2-3-6-14-10/h2-4,6,8H,5,7H2,1H3. The van der Waals surface area contributed by atoms with Gasteiger partial charge in [0.15, 0.2) is 0 Å². The average molecular weight is 288 g/mol. The first-order valence-corrected chi connectivity index (χ1v) is 7.01. The quantitative estimate of drug-likeness (QED) is 0.733. The lowest BCUT2D eigenvalue weighted by atomic mass is 10.3. The van der Waals surface area contributed by atoms with E-state index in [0.717, 1.165) is 5.69 Å². The molecule has 7 heteroatoms. The van der Waals surface area contributed by atoms with Gasteiger partial charge in [0.1, 0.15) is 5.69 Å². The molecule has 3 rings (SSSR count). The zero-order valence-corrected chi connectivity index (χ0v) is 11.6. The van der Waals surface area contributed by atoms with E-state index >= 15 is 0 Å². The SMILES string of the molecule is Cc1csc(=O)n1CCc1nc(-c2ccccn2)no1. The van der Waals surface area contributed by atoms with Crippen molar-refractivity contribution < 1.29 is 4.52 Å². The van der Waals surface area contributed by atoms with E-state index in [-0.39, 0.29) is 4.87 Å². The molecule has 0 aliphatic rings. The van der Waals surface area contributed by atoms with Gasteiger partial charge in [0.2, 0.25) is 11.7 Å². The van der Waals surface area contributed by atoms with Gasteiger partial charge in [0.25, 0.3) is 0 Å². The minimum absolute atomic E-state index is 0.0342. The van der Waals surface area contributed by atoms with Crippen LogP contribution in [0.4, 0.5) is 0 Å². The Morgan fingerprint density at radius 1 is 1.40 bits per heavy atom. The molecule has 3 aromatic heterocycles. The van der Waals surface area contributed by atoms with E-state index in [0.29, 0.717) is 30.4 Å². The molecular formula is C13H12N4O2S. The highest BCUT2D eigenvalue weighted by Crippen LogP contribution is 2.12. The third-order valence-corrected chi connectivity index (χ3v) is 3.77. The summed E-state index contributed by atoms with van der Waals surface area (Å²) in [7, 11) is 0. The molecule has 0 saturated heterocycles. The molecule has 0 aliphatic carbocycles. The Morgan fingerprint density at radius 2 is 2.30 bits per heavy atom. The molecule has 0 aromatic carbocycles. The summed E-state index contributed by atoms with van der Waals surface area (Å²) in [6, 6.07) is 5.52. The van der Waals surface area contributed by atoms with Gasteiger partial charge < -0.3 is 9.09 Å². The molecular weight excluding hydrogens is 276 g/mol. The van der Waals surface area contributed by atoms with Crippen LogP contribution in [0.1, 0.15) is 11.6 Å². The summed E-state index contributed by atoms with van der Waals surface area (Å²) in [6.07, 6.45) is 2.21. The Morgan fingerprint density at radius 3 is 3.00 bits per heavy atom. The zero-order chi connectivity index (χ0) is 13.9. The normalized spacial score (nSPS) is 10.8. The minimum Gasteiger partial charge on any atom is -0.339 e. The maximum atomic E-state index is 11.6. The highest BCUT2D eigenvalue weighted by Gasteiger charge is 2.10. The maximum absolute atomic E-state index is 11.6. The minimum atomic E-state index is 0.0342. The highest BCUT2D eigenvalue weighted by atomic mass is 32.1. The molecule has 6 nitrogen and oxygen atoms in total. The number of aryl methyl sites for hydroxylation is 2. The number of hydrogen-bond donors (Lipinski definition) is 0. The van der Waals surface area contributed by atoms with E-state index in [1.807, 2.05) is 30.5 Å². The zero-order valence-electron chi connectivity index (χ0n) is 10.8. The van der Waals surface area contributed by atoms with Gasteiger partial charge >= 0.3 is 4.87 Å². The Labute approximate surface area is 118 Å². The van der Waals surface area contributed by atoms with Crippen molar-refractivity contribution >= 4 is 11.3 Å². The van der Waals surface area contributed by atoms with Gasteiger partial charge in [-0.05, 0) is 19.1 Å². The van der Waals surface area contributed by atoms with Crippen molar-refractivity contribution in [2.45, 2.75) is 19.9 Å². The Balaban J connectivity index is 1.74. The van der Waals surface area contributed by atoms with Crippen molar-refractivity contribution in [1.82, 2.24) is 19.7 Å². The lowest BCUT2D eigenvalue weighted by Crippen LogP contribution is -2.16. The van der Waals surface area contributed by atoms with Crippen LogP contribution in [0.25, 0.3) is 11.5 Å². The smallest absolute Gasteiger partial charge is 0.307 e. The van der Waals surface area contributed by atoms with Crippen molar-refractivity contribution in [3.63, 3.8) is 0 Å². The molecule has 0 spiro atoms. The van der Waals surface area contributed by atoms with Gasteiger partial charge in [-0.15, -0.1) is 0 Å². The summed E-state index contributed by atoms with van der Waals surface area (Å²) in [5, 5.41) is 5.74. The number of nitrogens with zero attached hydrogens (tertiary/aromatic N) is 4. The highest BCUT2D eigenvalue weighted by molar-refractivity contribution is 7.07. The summed E-state index contributed by atoms with van der Waals surface area (Å²) in [5.74, 6) is 0.971. The first-order valence-electron chi connectivity index (χ1n) is 6.13. The Kier molecular flexibility index (Phi) is 3.42. The van der Waals surface area contributed by atoms with E-state index in [1.165, 1.54) is 11.3 Å². The second-order valence-corrected chi connectivity index (χ2v) is 5.09. The predicted molar refractivity (Wildman–Crippen MR) is 74.5 cm³/mol. The predicted octanol–water partition coefficient (Wildman–Crippen LogP) is 1.91. The van der Waals surface area contributed by atoms with Gasteiger partial charge in [-0.1, -0.05) is 22.6 Å². The van der Waals surface area contributed by atoms with E-state index < -0.39 is 0 Å². The van der Waals surface area contributed by atoms with E-state index in [9.17, 15) is 4.79 Å². The Hall–Kier alpha value is -2.28. The maximum Gasteiger partial charge on any atom is 0.307 e. The summed E-state index contributed by atoms with van der Waals surface area (Å²) < 4.78 is 6.89. The summed E-state index contributed by atoms with van der Waals surface area (Å²) >= 11 is 1.20. The van der Waals surface area contributed by atoms with Gasteiger partial charge in [0.05, 0.1) is 0 Å². The van der Waals surface area contributed by atoms with Crippen molar-refractivity contribution in [1.29, 1.82) is 0 Å². The summed E-state index contributed by atoms with van der Waals surface area (Å²) in [6.45, 7) is 2.45. The molecule has 0 unspecified atom stereocenters. The van der Waals surface area contributed by atoms with E-state index in [1.54, 1.807) is 10.8 Å². The molecule has 0 amide bonds. The van der Waals surface area contributed by atoms with Crippen LogP contribution in [0.5, 0.6) is 0 Å². The molecule has 3 heterocycles. The monoisotopic (exact) mass is 288 g/mol. The lowest BCUT2D eigenvalue weighted by Gasteiger charge is -2.00. The fourth-order valence-corrected chi connectivity index (χ4v) is 2.60. The van der Waals surface area contributed by atoms with Crippen LogP contribution in [0, 0.1) is 6.92 Å². The Bertz CT molecular complexity index is 760. The second-order valence-electron chi connectivity index (χ2n) is 4.27. The molecule has 0 aliphatic heterocycles. The third kappa shape index (κ3) is 2.53. The van der Waals surface area contributed by atoms with Gasteiger partial charge in [-0.3, -0.25) is 9.78 Å². The summed E-state index contributed by atoms with van der Waals surface area (Å²) in [5.41, 5.74) is 1.62. The van der Waals surface area contributed by atoms with Crippen LogP contribution in [-0.2, 0) is 13.0 Å². The second kappa shape index (κ2) is 5.38. The van der Waals surface area contributed by atoms with Crippen LogP contribution in [0.2, 0.25) is 0 Å². The fourth-order valence-electron chi connectivity index (χ4n) is 1.84. The topological polar surface area (TPSA) is 73.8 Å². The lowest BCUT2D eigenvalue weighted by molar-refractivity contribution is 0.371. The summed E-state index contributed by atoms with van der Waals surface area (Å²) in [4.78, 5) is 20.1. The third-order valence-electron chi connectivity index (χ3n) is 2.89. The molecule has 0 bridgehead atoms. The number of rotatable bonds is 4. The molecule has 0 radical (unpaired) electrons. The average Bonchev–Trinajstić information content (AvgIpc) is 3.06. The van der Waals surface area contributed by atoms with Crippen LogP contribution < -0.4 is 4.87 Å². The van der Waals surface area contributed by atoms with Crippen LogP contribution in [0.3, 0.4) is 0 Å². The molecule has 0 saturated carbocycles. The molecule has 0 atom stereocenters. The van der Waals surface area contributed by atoms with Crippen LogP contribution >= 0.6 is 11.3 Å². The first kappa shape index (κ1) is 12.7. The number of pyridine rings is 1.